The van der Waals surface area contributed by atoms with Gasteiger partial charge in [0.05, 0.1) is 17.4 Å². The average molecular weight is 918 g/mol. The van der Waals surface area contributed by atoms with Crippen molar-refractivity contribution in [2.24, 2.45) is 17.3 Å². The fourth-order valence-electron chi connectivity index (χ4n) is 6.45. The number of hydrogen-bond donors (Lipinski definition) is 6. The standard InChI is InChI=1S/C48H67N7O11/c1-31(2)24-36(44(60)55-41(32(3)4)45(61)54-39(56)22-16-8-9-17-23-40(57)65-30-66-46(62)48(5,6)7)51-43(59)38(26-35-27-49-29-50-35)52-42(58)37(25-33-18-12-10-13-19-33)53-47(63)64-28-34-20-14-11-15-21-34/h10-15,18-21,27,29,31-32,36-38,41H,8-9,16-17,22-26,28,30H2,1-7H3,(H,49,50)(H,51,59)(H,52,58)(H,53,63)(H,55,60)(H,54,56,61)/t36-,37-,38-,41-/m0/s1. The SMILES string of the molecule is CC(C)C[C@H](NC(=O)[C@H](Cc1c[nH]cn1)NC(=O)[C@H](Cc1ccccc1)NC(=O)OCc1ccccc1)C(=O)N[C@H](C(=O)NC(=O)CCCCCCC(=O)OCOC(=O)C(C)(C)C)C(C)C. The molecule has 0 spiro atoms. The van der Waals surface area contributed by atoms with Crippen LogP contribution in [-0.2, 0) is 67.2 Å². The molecule has 18 heteroatoms. The zero-order valence-corrected chi connectivity index (χ0v) is 39.1. The molecule has 3 rings (SSSR count). The number of nitrogens with one attached hydrogen (secondary N) is 6. The molecule has 360 valence electrons. The number of H-pyrrole nitrogens is 1. The van der Waals surface area contributed by atoms with E-state index in [1.54, 1.807) is 77.2 Å². The van der Waals surface area contributed by atoms with Crippen molar-refractivity contribution in [2.75, 3.05) is 6.79 Å². The molecule has 6 N–H and O–H groups in total. The summed E-state index contributed by atoms with van der Waals surface area (Å²) in [7, 11) is 0. The molecule has 18 nitrogen and oxygen atoms in total. The van der Waals surface area contributed by atoms with Crippen LogP contribution in [-0.4, -0.2) is 88.5 Å². The second kappa shape index (κ2) is 27.7. The van der Waals surface area contributed by atoms with Gasteiger partial charge in [-0.3, -0.25) is 38.9 Å². The number of esters is 2. The van der Waals surface area contributed by atoms with Gasteiger partial charge in [0.25, 0.3) is 0 Å². The summed E-state index contributed by atoms with van der Waals surface area (Å²) in [6.45, 7) is 11.7. The Bertz CT molecular complexity index is 2020. The summed E-state index contributed by atoms with van der Waals surface area (Å²) < 4.78 is 15.3. The molecule has 6 amide bonds. The maximum absolute atomic E-state index is 14.1. The largest absolute Gasteiger partial charge is 0.445 e. The van der Waals surface area contributed by atoms with Crippen LogP contribution >= 0.6 is 0 Å². The number of ether oxygens (including phenoxy) is 3. The van der Waals surface area contributed by atoms with Crippen LogP contribution in [0.5, 0.6) is 0 Å². The third-order valence-electron chi connectivity index (χ3n) is 10.1. The van der Waals surface area contributed by atoms with Crippen LogP contribution < -0.4 is 26.6 Å². The minimum Gasteiger partial charge on any atom is -0.445 e. The van der Waals surface area contributed by atoms with E-state index >= 15 is 0 Å². The molecular weight excluding hydrogens is 851 g/mol. The molecule has 4 atom stereocenters. The molecule has 0 aliphatic rings. The van der Waals surface area contributed by atoms with Crippen LogP contribution in [0.4, 0.5) is 4.79 Å². The van der Waals surface area contributed by atoms with Crippen LogP contribution in [0.15, 0.2) is 73.2 Å². The highest BCUT2D eigenvalue weighted by Crippen LogP contribution is 2.16. The Hall–Kier alpha value is -6.59. The second-order valence-corrected chi connectivity index (χ2v) is 17.8. The molecule has 2 aromatic carbocycles. The van der Waals surface area contributed by atoms with Crippen molar-refractivity contribution in [3.05, 3.63) is 90.0 Å². The van der Waals surface area contributed by atoms with Crippen LogP contribution in [0.2, 0.25) is 0 Å². The number of benzene rings is 2. The first-order chi connectivity index (χ1) is 31.3. The van der Waals surface area contributed by atoms with E-state index in [-0.39, 0.29) is 44.6 Å². The number of alkyl carbamates (subject to hydrolysis) is 1. The van der Waals surface area contributed by atoms with Crippen LogP contribution in [0, 0.1) is 17.3 Å². The van der Waals surface area contributed by atoms with Gasteiger partial charge < -0.3 is 40.5 Å². The summed E-state index contributed by atoms with van der Waals surface area (Å²) in [5.74, 6) is -4.85. The Labute approximate surface area is 386 Å². The average Bonchev–Trinajstić information content (AvgIpc) is 3.78. The summed E-state index contributed by atoms with van der Waals surface area (Å²) in [5, 5.41) is 13.2. The van der Waals surface area contributed by atoms with Crippen LogP contribution in [0.3, 0.4) is 0 Å². The number of amides is 6. The van der Waals surface area contributed by atoms with Crippen molar-refractivity contribution in [2.45, 2.75) is 137 Å². The van der Waals surface area contributed by atoms with Crippen molar-refractivity contribution >= 4 is 47.6 Å². The molecule has 0 saturated carbocycles. The van der Waals surface area contributed by atoms with E-state index < -0.39 is 89.9 Å². The van der Waals surface area contributed by atoms with E-state index in [9.17, 15) is 38.4 Å². The van der Waals surface area contributed by atoms with E-state index in [1.807, 2.05) is 38.1 Å². The van der Waals surface area contributed by atoms with E-state index in [0.29, 0.717) is 31.4 Å². The van der Waals surface area contributed by atoms with E-state index in [2.05, 4.69) is 36.6 Å². The van der Waals surface area contributed by atoms with E-state index in [0.717, 1.165) is 11.1 Å². The van der Waals surface area contributed by atoms with Gasteiger partial charge in [-0.2, -0.15) is 0 Å². The highest BCUT2D eigenvalue weighted by Gasteiger charge is 2.34. The molecule has 0 aliphatic heterocycles. The van der Waals surface area contributed by atoms with E-state index in [1.165, 1.54) is 6.33 Å². The third kappa shape index (κ3) is 20.5. The molecule has 0 aliphatic carbocycles. The quantitative estimate of drug-likeness (QED) is 0.0364. The fourth-order valence-corrected chi connectivity index (χ4v) is 6.45. The fraction of sp³-hybridized carbons (Fsp3) is 0.521. The predicted octanol–water partition coefficient (Wildman–Crippen LogP) is 4.72. The number of aromatic amines is 1. The maximum Gasteiger partial charge on any atom is 0.408 e. The van der Waals surface area contributed by atoms with Gasteiger partial charge >= 0.3 is 18.0 Å². The van der Waals surface area contributed by atoms with Gasteiger partial charge in [-0.25, -0.2) is 9.78 Å². The van der Waals surface area contributed by atoms with E-state index in [4.69, 9.17) is 14.2 Å². The van der Waals surface area contributed by atoms with Gasteiger partial charge in [0.2, 0.25) is 36.3 Å². The second-order valence-electron chi connectivity index (χ2n) is 17.8. The lowest BCUT2D eigenvalue weighted by Gasteiger charge is -2.28. The first kappa shape index (κ1) is 53.7. The summed E-state index contributed by atoms with van der Waals surface area (Å²) in [5.41, 5.74) is 1.21. The molecule has 0 bridgehead atoms. The molecule has 0 unspecified atom stereocenters. The summed E-state index contributed by atoms with van der Waals surface area (Å²) >= 11 is 0. The number of nitrogens with zero attached hydrogens (tertiary/aromatic N) is 1. The number of carbonyl (C=O) groups excluding carboxylic acids is 8. The first-order valence-electron chi connectivity index (χ1n) is 22.4. The molecule has 0 saturated heterocycles. The molecule has 1 heterocycles. The Balaban J connectivity index is 1.62. The Morgan fingerprint density at radius 3 is 1.79 bits per heavy atom. The summed E-state index contributed by atoms with van der Waals surface area (Å²) in [4.78, 5) is 112. The predicted molar refractivity (Wildman–Crippen MR) is 243 cm³/mol. The van der Waals surface area contributed by atoms with Gasteiger partial charge in [-0.15, -0.1) is 0 Å². The van der Waals surface area contributed by atoms with Crippen molar-refractivity contribution < 1.29 is 52.6 Å². The molecule has 66 heavy (non-hydrogen) atoms. The molecule has 3 aromatic rings. The third-order valence-corrected chi connectivity index (χ3v) is 10.1. The van der Waals surface area contributed by atoms with Crippen molar-refractivity contribution in [3.8, 4) is 0 Å². The minimum atomic E-state index is -1.26. The number of unbranched alkanes of at least 4 members (excludes halogenated alkanes) is 3. The van der Waals surface area contributed by atoms with Crippen molar-refractivity contribution in [3.63, 3.8) is 0 Å². The lowest BCUT2D eigenvalue weighted by Crippen LogP contribution is -2.60. The zero-order valence-electron chi connectivity index (χ0n) is 39.1. The topological polar surface area (TPSA) is 253 Å². The Kier molecular flexibility index (Phi) is 22.5. The Morgan fingerprint density at radius 1 is 0.636 bits per heavy atom. The Morgan fingerprint density at radius 2 is 1.21 bits per heavy atom. The first-order valence-corrected chi connectivity index (χ1v) is 22.4. The number of imide groups is 1. The van der Waals surface area contributed by atoms with Crippen LogP contribution in [0.25, 0.3) is 0 Å². The molecule has 0 fully saturated rings. The van der Waals surface area contributed by atoms with Gasteiger partial charge in [0, 0.05) is 31.9 Å². The summed E-state index contributed by atoms with van der Waals surface area (Å²) in [6, 6.07) is 13.3. The minimum absolute atomic E-state index is 0.0312. The van der Waals surface area contributed by atoms with Crippen LogP contribution in [0.1, 0.15) is 110 Å². The number of imidazole rings is 1. The highest BCUT2D eigenvalue weighted by atomic mass is 16.7. The summed E-state index contributed by atoms with van der Waals surface area (Å²) in [6.07, 6.45) is 4.61. The number of hydrogen-bond acceptors (Lipinski definition) is 12. The smallest absolute Gasteiger partial charge is 0.408 e. The molecule has 0 radical (unpaired) electrons. The van der Waals surface area contributed by atoms with Crippen molar-refractivity contribution in [1.29, 1.82) is 0 Å². The highest BCUT2D eigenvalue weighted by molar-refractivity contribution is 6.00. The monoisotopic (exact) mass is 917 g/mol. The molecular formula is C48H67N7O11. The normalized spacial score (nSPS) is 13.0. The lowest BCUT2D eigenvalue weighted by atomic mass is 9.98. The lowest BCUT2D eigenvalue weighted by molar-refractivity contribution is -0.173. The van der Waals surface area contributed by atoms with Gasteiger partial charge in [-0.05, 0) is 63.0 Å². The van der Waals surface area contributed by atoms with Crippen molar-refractivity contribution in [1.82, 2.24) is 36.6 Å². The number of aromatic nitrogens is 2. The number of carbonyl (C=O) groups is 8. The number of rotatable bonds is 26. The zero-order chi connectivity index (χ0) is 48.6. The maximum atomic E-state index is 14.1. The van der Waals surface area contributed by atoms with Gasteiger partial charge in [0.1, 0.15) is 30.8 Å². The van der Waals surface area contributed by atoms with Gasteiger partial charge in [-0.1, -0.05) is 101 Å². The molecule has 1 aromatic heterocycles. The van der Waals surface area contributed by atoms with Gasteiger partial charge in [0.15, 0.2) is 0 Å².